The van der Waals surface area contributed by atoms with Crippen LogP contribution in [0.2, 0.25) is 0 Å². The molecule has 3 heterocycles. The molecular formula is C34H37N5O5. The molecule has 1 aliphatic rings. The van der Waals surface area contributed by atoms with Crippen molar-refractivity contribution in [3.05, 3.63) is 83.7 Å². The number of ether oxygens (including phenoxy) is 3. The molecule has 44 heavy (non-hydrogen) atoms. The Hall–Kier alpha value is -4.51. The number of carbonyl (C=O) groups excluding carboxylic acids is 1. The van der Waals surface area contributed by atoms with E-state index in [0.29, 0.717) is 31.3 Å². The number of carbonyl (C=O) groups is 1. The molecule has 3 N–H and O–H groups in total. The van der Waals surface area contributed by atoms with E-state index in [-0.39, 0.29) is 31.6 Å². The molecule has 0 aliphatic carbocycles. The number of aliphatic hydroxyl groups is 1. The van der Waals surface area contributed by atoms with Crippen molar-refractivity contribution >= 4 is 33.5 Å². The summed E-state index contributed by atoms with van der Waals surface area (Å²) in [6.45, 7) is 5.15. The summed E-state index contributed by atoms with van der Waals surface area (Å²) in [5.74, 6) is 0.805. The lowest BCUT2D eigenvalue weighted by atomic mass is 10.00. The van der Waals surface area contributed by atoms with Gasteiger partial charge in [0, 0.05) is 49.3 Å². The third-order valence-corrected chi connectivity index (χ3v) is 8.07. The first-order chi connectivity index (χ1) is 21.5. The predicted molar refractivity (Wildman–Crippen MR) is 169 cm³/mol. The summed E-state index contributed by atoms with van der Waals surface area (Å²) in [5.41, 5.74) is 11.8. The quantitative estimate of drug-likeness (QED) is 0.200. The van der Waals surface area contributed by atoms with Crippen LogP contribution in [-0.4, -0.2) is 70.7 Å². The minimum Gasteiger partial charge on any atom is -0.487 e. The van der Waals surface area contributed by atoms with E-state index in [4.69, 9.17) is 25.0 Å². The fourth-order valence-corrected chi connectivity index (χ4v) is 5.85. The summed E-state index contributed by atoms with van der Waals surface area (Å²) in [6, 6.07) is 20.4. The number of β-amino-alcohol motifs (C(OH)–C–C–N with tert-alkyl or cyclic N) is 1. The van der Waals surface area contributed by atoms with E-state index in [1.807, 2.05) is 30.3 Å². The van der Waals surface area contributed by atoms with Crippen molar-refractivity contribution in [2.75, 3.05) is 45.7 Å². The fourth-order valence-electron chi connectivity index (χ4n) is 5.85. The van der Waals surface area contributed by atoms with Crippen LogP contribution in [0.3, 0.4) is 0 Å². The first-order valence-electron chi connectivity index (χ1n) is 14.9. The minimum atomic E-state index is -0.309. The van der Waals surface area contributed by atoms with Crippen LogP contribution in [-0.2, 0) is 33.9 Å². The van der Waals surface area contributed by atoms with Crippen LogP contribution in [0.15, 0.2) is 66.9 Å². The number of rotatable bonds is 12. The molecular weight excluding hydrogens is 558 g/mol. The third kappa shape index (κ3) is 6.10. The Morgan fingerprint density at radius 3 is 2.59 bits per heavy atom. The normalized spacial score (nSPS) is 13.8. The predicted octanol–water partition coefficient (Wildman–Crippen LogP) is 4.51. The molecule has 0 atom stereocenters. The summed E-state index contributed by atoms with van der Waals surface area (Å²) in [4.78, 5) is 18.9. The van der Waals surface area contributed by atoms with Crippen LogP contribution < -0.4 is 10.5 Å². The molecule has 0 bridgehead atoms. The highest BCUT2D eigenvalue weighted by molar-refractivity contribution is 5.95. The van der Waals surface area contributed by atoms with Gasteiger partial charge in [-0.15, -0.1) is 0 Å². The number of nitrogens with two attached hydrogens (primary N) is 1. The number of esters is 1. The van der Waals surface area contributed by atoms with Gasteiger partial charge in [-0.25, -0.2) is 4.98 Å². The maximum absolute atomic E-state index is 12.4. The van der Waals surface area contributed by atoms with E-state index in [1.54, 1.807) is 20.2 Å². The number of likely N-dealkylation sites (tertiary alicyclic amines) is 1. The van der Waals surface area contributed by atoms with Crippen molar-refractivity contribution in [2.45, 2.75) is 32.6 Å². The summed E-state index contributed by atoms with van der Waals surface area (Å²) in [5, 5.41) is 17.3. The van der Waals surface area contributed by atoms with Gasteiger partial charge in [0.1, 0.15) is 18.2 Å². The van der Waals surface area contributed by atoms with E-state index in [9.17, 15) is 9.90 Å². The zero-order valence-corrected chi connectivity index (χ0v) is 25.0. The number of nitrogens with zero attached hydrogens (tertiary/aromatic N) is 4. The Labute approximate surface area is 256 Å². The zero-order chi connectivity index (χ0) is 30.6. The molecule has 0 amide bonds. The standard InChI is InChI=1S/C34H37N5O5/c1-3-43-33(41)17-26-14-22(20-42-2)4-9-32(26)44-21-31-29-16-25(24-6-5-23-10-11-36-34(35)28(23)15-24)7-8-30(29)37-39(31)27-18-38(19-27)12-13-40/h4-11,14-16,27,40H,3,12-13,17-21H2,1-2H3,(H2,35,36). The molecule has 0 radical (unpaired) electrons. The summed E-state index contributed by atoms with van der Waals surface area (Å²) >= 11 is 0. The fraction of sp³-hybridized carbons (Fsp3) is 0.324. The molecule has 10 nitrogen and oxygen atoms in total. The summed E-state index contributed by atoms with van der Waals surface area (Å²) in [7, 11) is 1.64. The Balaban J connectivity index is 1.36. The van der Waals surface area contributed by atoms with Gasteiger partial charge in [-0.3, -0.25) is 14.4 Å². The SMILES string of the molecule is CCOC(=O)Cc1cc(COC)ccc1OCc1c2cc(-c3ccc4ccnc(N)c4c3)ccc2nn1C1CN(CCO)C1. The molecule has 228 valence electrons. The average molecular weight is 596 g/mol. The van der Waals surface area contributed by atoms with Gasteiger partial charge < -0.3 is 25.1 Å². The molecule has 1 fully saturated rings. The van der Waals surface area contributed by atoms with E-state index >= 15 is 0 Å². The molecule has 1 saturated heterocycles. The lowest BCUT2D eigenvalue weighted by molar-refractivity contribution is -0.142. The van der Waals surface area contributed by atoms with Crippen LogP contribution >= 0.6 is 0 Å². The van der Waals surface area contributed by atoms with Crippen LogP contribution in [0, 0.1) is 0 Å². The van der Waals surface area contributed by atoms with Gasteiger partial charge in [0.2, 0.25) is 0 Å². The number of pyridine rings is 1. The van der Waals surface area contributed by atoms with Crippen molar-refractivity contribution in [3.8, 4) is 16.9 Å². The molecule has 0 saturated carbocycles. The average Bonchev–Trinajstić information content (AvgIpc) is 3.35. The number of nitrogen functional groups attached to an aromatic ring is 1. The highest BCUT2D eigenvalue weighted by atomic mass is 16.5. The number of benzene rings is 3. The van der Waals surface area contributed by atoms with Crippen molar-refractivity contribution in [1.29, 1.82) is 0 Å². The first-order valence-corrected chi connectivity index (χ1v) is 14.9. The second-order valence-electron chi connectivity index (χ2n) is 11.0. The van der Waals surface area contributed by atoms with Crippen LogP contribution in [0.5, 0.6) is 5.75 Å². The smallest absolute Gasteiger partial charge is 0.310 e. The van der Waals surface area contributed by atoms with Crippen LogP contribution in [0.25, 0.3) is 32.8 Å². The lowest BCUT2D eigenvalue weighted by Crippen LogP contribution is -2.49. The molecule has 1 aliphatic heterocycles. The van der Waals surface area contributed by atoms with Gasteiger partial charge >= 0.3 is 5.97 Å². The minimum absolute atomic E-state index is 0.101. The van der Waals surface area contributed by atoms with Gasteiger partial charge in [0.15, 0.2) is 0 Å². The number of hydrogen-bond acceptors (Lipinski definition) is 9. The molecule has 0 spiro atoms. The van der Waals surface area contributed by atoms with E-state index in [0.717, 1.165) is 62.7 Å². The number of aromatic nitrogens is 3. The maximum atomic E-state index is 12.4. The number of methoxy groups -OCH3 is 1. The van der Waals surface area contributed by atoms with Gasteiger partial charge in [-0.2, -0.15) is 5.10 Å². The van der Waals surface area contributed by atoms with Gasteiger partial charge in [0.05, 0.1) is 43.5 Å². The Morgan fingerprint density at radius 1 is 1.02 bits per heavy atom. The Morgan fingerprint density at radius 2 is 1.82 bits per heavy atom. The highest BCUT2D eigenvalue weighted by Gasteiger charge is 2.31. The number of aliphatic hydroxyl groups excluding tert-OH is 1. The topological polar surface area (TPSA) is 125 Å². The molecule has 6 rings (SSSR count). The van der Waals surface area contributed by atoms with Crippen LogP contribution in [0.1, 0.15) is 29.8 Å². The van der Waals surface area contributed by atoms with Gasteiger partial charge in [0.25, 0.3) is 0 Å². The first kappa shape index (κ1) is 29.6. The second kappa shape index (κ2) is 13.0. The lowest BCUT2D eigenvalue weighted by Gasteiger charge is -2.39. The van der Waals surface area contributed by atoms with E-state index in [1.165, 1.54) is 0 Å². The number of hydrogen-bond donors (Lipinski definition) is 2. The monoisotopic (exact) mass is 595 g/mol. The Bertz CT molecular complexity index is 1800. The molecule has 0 unspecified atom stereocenters. The maximum Gasteiger partial charge on any atom is 0.310 e. The van der Waals surface area contributed by atoms with Gasteiger partial charge in [-0.05, 0) is 65.4 Å². The number of fused-ring (bicyclic) bond motifs is 2. The second-order valence-corrected chi connectivity index (χ2v) is 11.0. The number of anilines is 1. The molecule has 2 aromatic heterocycles. The van der Waals surface area contributed by atoms with E-state index < -0.39 is 0 Å². The van der Waals surface area contributed by atoms with Crippen molar-refractivity contribution in [2.24, 2.45) is 0 Å². The van der Waals surface area contributed by atoms with E-state index in [2.05, 4.69) is 44.9 Å². The van der Waals surface area contributed by atoms with Crippen LogP contribution in [0.4, 0.5) is 5.82 Å². The van der Waals surface area contributed by atoms with Crippen molar-refractivity contribution < 1.29 is 24.1 Å². The van der Waals surface area contributed by atoms with Crippen molar-refractivity contribution in [3.63, 3.8) is 0 Å². The largest absolute Gasteiger partial charge is 0.487 e. The highest BCUT2D eigenvalue weighted by Crippen LogP contribution is 2.33. The zero-order valence-electron chi connectivity index (χ0n) is 25.0. The Kier molecular flexibility index (Phi) is 8.74. The summed E-state index contributed by atoms with van der Waals surface area (Å²) in [6.07, 6.45) is 1.82. The molecule has 3 aromatic carbocycles. The third-order valence-electron chi connectivity index (χ3n) is 8.07. The van der Waals surface area contributed by atoms with Gasteiger partial charge in [-0.1, -0.05) is 24.3 Å². The molecule has 10 heteroatoms. The summed E-state index contributed by atoms with van der Waals surface area (Å²) < 4.78 is 19.1. The van der Waals surface area contributed by atoms with Crippen molar-refractivity contribution in [1.82, 2.24) is 19.7 Å². The molecule has 5 aromatic rings.